The molecule has 0 bridgehead atoms. The first kappa shape index (κ1) is 16.2. The number of methoxy groups -OCH3 is 1. The molecule has 1 atom stereocenters. The van der Waals surface area contributed by atoms with Crippen LogP contribution < -0.4 is 5.32 Å². The Kier molecular flexibility index (Phi) is 5.66. The fraction of sp³-hybridized carbons (Fsp3) is 0.438. The topological polar surface area (TPSA) is 77.2 Å². The van der Waals surface area contributed by atoms with E-state index in [4.69, 9.17) is 9.15 Å². The molecule has 0 fully saturated rings. The van der Waals surface area contributed by atoms with Crippen LogP contribution in [0.3, 0.4) is 0 Å². The molecule has 0 saturated carbocycles. The second kappa shape index (κ2) is 7.70. The van der Waals surface area contributed by atoms with Crippen LogP contribution in [0.4, 0.5) is 0 Å². The molecule has 0 radical (unpaired) electrons. The Morgan fingerprint density at radius 3 is 2.73 bits per heavy atom. The van der Waals surface area contributed by atoms with Crippen LogP contribution in [-0.2, 0) is 16.0 Å². The van der Waals surface area contributed by atoms with Gasteiger partial charge in [0, 0.05) is 31.6 Å². The first-order valence-electron chi connectivity index (χ1n) is 7.26. The number of hydrogen-bond donors (Lipinski definition) is 1. The molecule has 2 rings (SSSR count). The number of nitrogens with zero attached hydrogens (tertiary/aromatic N) is 2. The van der Waals surface area contributed by atoms with Gasteiger partial charge in [0.1, 0.15) is 0 Å². The first-order chi connectivity index (χ1) is 10.6. The van der Waals surface area contributed by atoms with E-state index in [0.29, 0.717) is 31.2 Å². The summed E-state index contributed by atoms with van der Waals surface area (Å²) in [5.41, 5.74) is 2.05. The lowest BCUT2D eigenvalue weighted by Crippen LogP contribution is -2.35. The number of aryl methyl sites for hydroxylation is 2. The molecule has 0 aliphatic carbocycles. The van der Waals surface area contributed by atoms with Crippen molar-refractivity contribution in [3.63, 3.8) is 0 Å². The summed E-state index contributed by atoms with van der Waals surface area (Å²) in [6.07, 6.45) is 0.730. The smallest absolute Gasteiger partial charge is 0.247 e. The Morgan fingerprint density at radius 1 is 1.32 bits per heavy atom. The van der Waals surface area contributed by atoms with E-state index in [2.05, 4.69) is 15.5 Å². The average Bonchev–Trinajstić information content (AvgIpc) is 2.95. The van der Waals surface area contributed by atoms with E-state index in [9.17, 15) is 4.79 Å². The molecule has 0 saturated heterocycles. The van der Waals surface area contributed by atoms with E-state index < -0.39 is 0 Å². The maximum absolute atomic E-state index is 11.8. The van der Waals surface area contributed by atoms with E-state index in [1.165, 1.54) is 5.56 Å². The third kappa shape index (κ3) is 4.66. The van der Waals surface area contributed by atoms with Crippen LogP contribution in [0.1, 0.15) is 24.8 Å². The maximum Gasteiger partial charge on any atom is 0.247 e. The monoisotopic (exact) mass is 303 g/mol. The fourth-order valence-electron chi connectivity index (χ4n) is 2.03. The van der Waals surface area contributed by atoms with Crippen molar-refractivity contribution in [2.45, 2.75) is 32.7 Å². The molecule has 1 amide bonds. The van der Waals surface area contributed by atoms with Gasteiger partial charge in [-0.25, -0.2) is 0 Å². The van der Waals surface area contributed by atoms with Gasteiger partial charge in [0.05, 0.1) is 6.61 Å². The maximum atomic E-state index is 11.8. The van der Waals surface area contributed by atoms with Crippen molar-refractivity contribution in [2.24, 2.45) is 0 Å². The highest BCUT2D eigenvalue weighted by Gasteiger charge is 2.12. The summed E-state index contributed by atoms with van der Waals surface area (Å²) in [7, 11) is 1.60. The minimum absolute atomic E-state index is 0.0108. The Bertz CT molecular complexity index is 607. The number of hydrogen-bond acceptors (Lipinski definition) is 5. The van der Waals surface area contributed by atoms with E-state index in [1.807, 2.05) is 38.1 Å². The molecule has 0 aliphatic heterocycles. The zero-order chi connectivity index (χ0) is 15.9. The van der Waals surface area contributed by atoms with E-state index >= 15 is 0 Å². The van der Waals surface area contributed by atoms with Crippen LogP contribution in [0.5, 0.6) is 0 Å². The van der Waals surface area contributed by atoms with Gasteiger partial charge in [-0.2, -0.15) is 0 Å². The molecule has 1 aromatic heterocycles. The van der Waals surface area contributed by atoms with Crippen LogP contribution in [0, 0.1) is 6.92 Å². The third-order valence-electron chi connectivity index (χ3n) is 3.16. The van der Waals surface area contributed by atoms with Gasteiger partial charge in [-0.15, -0.1) is 10.2 Å². The summed E-state index contributed by atoms with van der Waals surface area (Å²) in [4.78, 5) is 11.8. The van der Waals surface area contributed by atoms with E-state index in [0.717, 1.165) is 5.56 Å². The molecule has 2 aromatic rings. The number of ether oxygens (including phenoxy) is 1. The lowest BCUT2D eigenvalue weighted by Gasteiger charge is -2.11. The molecule has 1 unspecified atom stereocenters. The van der Waals surface area contributed by atoms with Gasteiger partial charge in [-0.1, -0.05) is 17.7 Å². The molecule has 0 aliphatic rings. The van der Waals surface area contributed by atoms with Crippen molar-refractivity contribution >= 4 is 5.91 Å². The molecule has 22 heavy (non-hydrogen) atoms. The van der Waals surface area contributed by atoms with E-state index in [-0.39, 0.29) is 11.9 Å². The predicted molar refractivity (Wildman–Crippen MR) is 82.3 cm³/mol. The first-order valence-corrected chi connectivity index (χ1v) is 7.26. The summed E-state index contributed by atoms with van der Waals surface area (Å²) >= 11 is 0. The quantitative estimate of drug-likeness (QED) is 0.848. The van der Waals surface area contributed by atoms with Crippen LogP contribution in [0.25, 0.3) is 11.5 Å². The Hall–Kier alpha value is -2.21. The average molecular weight is 303 g/mol. The summed E-state index contributed by atoms with van der Waals surface area (Å²) in [5.74, 6) is 0.882. The molecular weight excluding hydrogens is 282 g/mol. The second-order valence-corrected chi connectivity index (χ2v) is 5.29. The van der Waals surface area contributed by atoms with Crippen LogP contribution in [0.15, 0.2) is 28.7 Å². The van der Waals surface area contributed by atoms with Gasteiger partial charge in [-0.3, -0.25) is 4.79 Å². The largest absolute Gasteiger partial charge is 0.421 e. The highest BCUT2D eigenvalue weighted by Crippen LogP contribution is 2.18. The zero-order valence-corrected chi connectivity index (χ0v) is 13.1. The van der Waals surface area contributed by atoms with Crippen molar-refractivity contribution in [3.05, 3.63) is 35.7 Å². The van der Waals surface area contributed by atoms with Crippen LogP contribution in [0.2, 0.25) is 0 Å². The van der Waals surface area contributed by atoms with Gasteiger partial charge in [-0.05, 0) is 26.0 Å². The number of nitrogens with one attached hydrogen (secondary N) is 1. The minimum Gasteiger partial charge on any atom is -0.421 e. The summed E-state index contributed by atoms with van der Waals surface area (Å²) in [5, 5.41) is 10.8. The lowest BCUT2D eigenvalue weighted by molar-refractivity contribution is -0.122. The molecule has 118 valence electrons. The minimum atomic E-state index is -0.0559. The van der Waals surface area contributed by atoms with Crippen molar-refractivity contribution in [3.8, 4) is 11.5 Å². The zero-order valence-electron chi connectivity index (χ0n) is 13.1. The number of carbonyl (C=O) groups excluding carboxylic acids is 1. The van der Waals surface area contributed by atoms with Crippen LogP contribution in [-0.4, -0.2) is 35.9 Å². The Balaban J connectivity index is 1.87. The molecule has 1 heterocycles. The van der Waals surface area contributed by atoms with Gasteiger partial charge in [0.25, 0.3) is 0 Å². The molecule has 6 nitrogen and oxygen atoms in total. The number of carbonyl (C=O) groups is 1. The highest BCUT2D eigenvalue weighted by atomic mass is 16.5. The van der Waals surface area contributed by atoms with Crippen LogP contribution >= 0.6 is 0 Å². The lowest BCUT2D eigenvalue weighted by atomic mass is 10.1. The number of aromatic nitrogens is 2. The Morgan fingerprint density at radius 2 is 2.05 bits per heavy atom. The number of rotatable bonds is 7. The summed E-state index contributed by atoms with van der Waals surface area (Å²) < 4.78 is 10.6. The molecule has 6 heteroatoms. The molecule has 0 spiro atoms. The van der Waals surface area contributed by atoms with Crippen molar-refractivity contribution in [1.29, 1.82) is 0 Å². The summed E-state index contributed by atoms with van der Waals surface area (Å²) in [6, 6.07) is 7.84. The second-order valence-electron chi connectivity index (χ2n) is 5.29. The fourth-order valence-corrected chi connectivity index (χ4v) is 2.03. The van der Waals surface area contributed by atoms with Gasteiger partial charge in [0.15, 0.2) is 0 Å². The Labute approximate surface area is 129 Å². The third-order valence-corrected chi connectivity index (χ3v) is 3.16. The van der Waals surface area contributed by atoms with Crippen molar-refractivity contribution < 1.29 is 13.9 Å². The van der Waals surface area contributed by atoms with Gasteiger partial charge in [0.2, 0.25) is 17.7 Å². The number of benzene rings is 1. The predicted octanol–water partition coefficient (Wildman–Crippen LogP) is 2.13. The van der Waals surface area contributed by atoms with E-state index in [1.54, 1.807) is 7.11 Å². The van der Waals surface area contributed by atoms with Gasteiger partial charge >= 0.3 is 0 Å². The highest BCUT2D eigenvalue weighted by molar-refractivity contribution is 5.76. The molecule has 1 aromatic carbocycles. The normalized spacial score (nSPS) is 12.1. The van der Waals surface area contributed by atoms with Crippen molar-refractivity contribution in [2.75, 3.05) is 13.7 Å². The summed E-state index contributed by atoms with van der Waals surface area (Å²) in [6.45, 7) is 4.40. The molecule has 1 N–H and O–H groups in total. The van der Waals surface area contributed by atoms with Gasteiger partial charge < -0.3 is 14.5 Å². The molecular formula is C16H21N3O3. The SMILES string of the molecule is COCC(C)NC(=O)CCc1nnc(-c2ccc(C)cc2)o1. The van der Waals surface area contributed by atoms with Crippen molar-refractivity contribution in [1.82, 2.24) is 15.5 Å². The standard InChI is InChI=1S/C16H21N3O3/c1-11-4-6-13(7-5-11)16-19-18-15(22-16)9-8-14(20)17-12(2)10-21-3/h4-7,12H,8-10H2,1-3H3,(H,17,20). The number of amides is 1.